The van der Waals surface area contributed by atoms with Crippen LogP contribution in [0.4, 0.5) is 0 Å². The molecule has 0 radical (unpaired) electrons. The molecule has 1 aromatic carbocycles. The number of aryl methyl sites for hydroxylation is 2. The summed E-state index contributed by atoms with van der Waals surface area (Å²) >= 11 is 1.34. The summed E-state index contributed by atoms with van der Waals surface area (Å²) in [5.74, 6) is 0.381. The Labute approximate surface area is 141 Å². The quantitative estimate of drug-likeness (QED) is 0.786. The molecule has 23 heavy (non-hydrogen) atoms. The third kappa shape index (κ3) is 3.83. The molecule has 2 aromatic rings. The van der Waals surface area contributed by atoms with Crippen LogP contribution in [0.3, 0.4) is 0 Å². The van der Waals surface area contributed by atoms with Crippen molar-refractivity contribution in [3.05, 3.63) is 34.9 Å². The number of carbonyl (C=O) groups excluding carboxylic acids is 1. The van der Waals surface area contributed by atoms with Crippen molar-refractivity contribution >= 4 is 28.6 Å². The van der Waals surface area contributed by atoms with Crippen LogP contribution >= 0.6 is 11.8 Å². The van der Waals surface area contributed by atoms with Crippen LogP contribution < -0.4 is 0 Å². The largest absolute Gasteiger partial charge is 0.343 e. The first-order valence-corrected chi connectivity index (χ1v) is 8.71. The van der Waals surface area contributed by atoms with Crippen molar-refractivity contribution in [2.24, 2.45) is 0 Å². The van der Waals surface area contributed by atoms with Crippen molar-refractivity contribution in [1.82, 2.24) is 9.88 Å². The van der Waals surface area contributed by atoms with Crippen molar-refractivity contribution in [2.45, 2.75) is 32.7 Å². The van der Waals surface area contributed by atoms with E-state index in [1.807, 2.05) is 39.8 Å². The molecule has 0 saturated carbocycles. The Morgan fingerprint density at radius 3 is 2.57 bits per heavy atom. The Bertz CT molecular complexity index is 776. The molecule has 0 aliphatic carbocycles. The van der Waals surface area contributed by atoms with E-state index in [2.05, 4.69) is 17.1 Å². The lowest BCUT2D eigenvalue weighted by atomic mass is 10.1. The van der Waals surface area contributed by atoms with E-state index in [4.69, 9.17) is 0 Å². The summed E-state index contributed by atoms with van der Waals surface area (Å²) < 4.78 is 0. The van der Waals surface area contributed by atoms with E-state index in [0.29, 0.717) is 29.4 Å². The highest BCUT2D eigenvalue weighted by atomic mass is 32.2. The lowest BCUT2D eigenvalue weighted by Crippen LogP contribution is -2.31. The fourth-order valence-electron chi connectivity index (χ4n) is 2.62. The number of thioether (sulfide) groups is 1. The van der Waals surface area contributed by atoms with E-state index in [1.165, 1.54) is 11.8 Å². The molecule has 120 valence electrons. The molecule has 4 nitrogen and oxygen atoms in total. The molecule has 5 heteroatoms. The zero-order valence-electron chi connectivity index (χ0n) is 14.0. The summed E-state index contributed by atoms with van der Waals surface area (Å²) in [4.78, 5) is 18.6. The van der Waals surface area contributed by atoms with Gasteiger partial charge in [0.15, 0.2) is 0 Å². The first kappa shape index (κ1) is 17.3. The average Bonchev–Trinajstić information content (AvgIpc) is 2.53. The summed E-state index contributed by atoms with van der Waals surface area (Å²) in [7, 11) is 0. The van der Waals surface area contributed by atoms with Crippen LogP contribution in [-0.2, 0) is 4.79 Å². The number of rotatable bonds is 5. The second-order valence-corrected chi connectivity index (χ2v) is 6.43. The number of benzene rings is 1. The minimum absolute atomic E-state index is 0.0754. The fourth-order valence-corrected chi connectivity index (χ4v) is 3.48. The van der Waals surface area contributed by atoms with Crippen LogP contribution in [0.5, 0.6) is 0 Å². The molecular formula is C18H21N3OS. The van der Waals surface area contributed by atoms with Crippen molar-refractivity contribution in [3.63, 3.8) is 0 Å². The molecule has 0 fully saturated rings. The third-order valence-corrected chi connectivity index (χ3v) is 4.76. The highest BCUT2D eigenvalue weighted by molar-refractivity contribution is 8.00. The van der Waals surface area contributed by atoms with Gasteiger partial charge in [-0.3, -0.25) is 4.79 Å². The van der Waals surface area contributed by atoms with Gasteiger partial charge in [0.2, 0.25) is 5.91 Å². The Hall–Kier alpha value is -2.06. The smallest absolute Gasteiger partial charge is 0.232 e. The highest BCUT2D eigenvalue weighted by Gasteiger charge is 2.14. The van der Waals surface area contributed by atoms with Crippen molar-refractivity contribution in [2.75, 3.05) is 18.8 Å². The summed E-state index contributed by atoms with van der Waals surface area (Å²) in [6.45, 7) is 9.38. The van der Waals surface area contributed by atoms with Crippen LogP contribution in [0.15, 0.2) is 23.2 Å². The van der Waals surface area contributed by atoms with E-state index in [1.54, 1.807) is 4.90 Å². The SMILES string of the molecule is CCN(CC)C(=O)CSc1nc2c(C)cc(C)cc2cc1C#N. The molecular weight excluding hydrogens is 306 g/mol. The molecule has 1 amide bonds. The van der Waals surface area contributed by atoms with Crippen LogP contribution in [0.1, 0.15) is 30.5 Å². The highest BCUT2D eigenvalue weighted by Crippen LogP contribution is 2.27. The van der Waals surface area contributed by atoms with Gasteiger partial charge >= 0.3 is 0 Å². The van der Waals surface area contributed by atoms with Crippen molar-refractivity contribution in [1.29, 1.82) is 5.26 Å². The normalized spacial score (nSPS) is 10.6. The molecule has 1 heterocycles. The molecule has 0 saturated heterocycles. The number of nitrogens with zero attached hydrogens (tertiary/aromatic N) is 3. The van der Waals surface area contributed by atoms with Crippen molar-refractivity contribution in [3.8, 4) is 6.07 Å². The standard InChI is InChI=1S/C18H21N3OS/c1-5-21(6-2)16(22)11-23-18-15(10-19)9-14-8-12(3)7-13(4)17(14)20-18/h7-9H,5-6,11H2,1-4H3. The molecule has 0 atom stereocenters. The summed E-state index contributed by atoms with van der Waals surface area (Å²) in [5.41, 5.74) is 3.66. The van der Waals surface area contributed by atoms with Gasteiger partial charge in [-0.15, -0.1) is 0 Å². The van der Waals surface area contributed by atoms with Gasteiger partial charge in [-0.05, 0) is 45.4 Å². The fraction of sp³-hybridized carbons (Fsp3) is 0.389. The van der Waals surface area contributed by atoms with Gasteiger partial charge in [-0.1, -0.05) is 23.4 Å². The minimum atomic E-state index is 0.0754. The first-order chi connectivity index (χ1) is 11.0. The lowest BCUT2D eigenvalue weighted by molar-refractivity contribution is -0.127. The minimum Gasteiger partial charge on any atom is -0.343 e. The second-order valence-electron chi connectivity index (χ2n) is 5.46. The van der Waals surface area contributed by atoms with Gasteiger partial charge in [-0.25, -0.2) is 4.98 Å². The number of pyridine rings is 1. The van der Waals surface area contributed by atoms with E-state index in [-0.39, 0.29) is 5.91 Å². The Morgan fingerprint density at radius 1 is 1.26 bits per heavy atom. The predicted octanol–water partition coefficient (Wildman–Crippen LogP) is 3.68. The molecule has 0 bridgehead atoms. The zero-order chi connectivity index (χ0) is 17.0. The van der Waals surface area contributed by atoms with E-state index in [9.17, 15) is 10.1 Å². The van der Waals surface area contributed by atoms with E-state index >= 15 is 0 Å². The first-order valence-electron chi connectivity index (χ1n) is 7.72. The zero-order valence-corrected chi connectivity index (χ0v) is 14.8. The third-order valence-electron chi connectivity index (χ3n) is 3.79. The maximum Gasteiger partial charge on any atom is 0.232 e. The van der Waals surface area contributed by atoms with Gasteiger partial charge in [0, 0.05) is 18.5 Å². The lowest BCUT2D eigenvalue weighted by Gasteiger charge is -2.18. The topological polar surface area (TPSA) is 57.0 Å². The van der Waals surface area contributed by atoms with Gasteiger partial charge in [0.25, 0.3) is 0 Å². The van der Waals surface area contributed by atoms with E-state index in [0.717, 1.165) is 22.0 Å². The van der Waals surface area contributed by atoms with Crippen molar-refractivity contribution < 1.29 is 4.79 Å². The van der Waals surface area contributed by atoms with Gasteiger partial charge in [0.1, 0.15) is 11.1 Å². The van der Waals surface area contributed by atoms with Crippen LogP contribution in [-0.4, -0.2) is 34.6 Å². The molecule has 0 unspecified atom stereocenters. The van der Waals surface area contributed by atoms with Gasteiger partial charge in [0.05, 0.1) is 16.8 Å². The monoisotopic (exact) mass is 327 g/mol. The summed E-state index contributed by atoms with van der Waals surface area (Å²) in [5, 5.41) is 11.0. The summed E-state index contributed by atoms with van der Waals surface area (Å²) in [6.07, 6.45) is 0. The summed E-state index contributed by atoms with van der Waals surface area (Å²) in [6, 6.07) is 8.18. The Kier molecular flexibility index (Phi) is 5.62. The van der Waals surface area contributed by atoms with Gasteiger partial charge < -0.3 is 4.90 Å². The number of fused-ring (bicyclic) bond motifs is 1. The number of carbonyl (C=O) groups is 1. The number of amides is 1. The average molecular weight is 327 g/mol. The number of hydrogen-bond acceptors (Lipinski definition) is 4. The molecule has 0 aliphatic heterocycles. The maximum absolute atomic E-state index is 12.1. The number of aromatic nitrogens is 1. The maximum atomic E-state index is 12.1. The second kappa shape index (κ2) is 7.47. The van der Waals surface area contributed by atoms with E-state index < -0.39 is 0 Å². The predicted molar refractivity (Wildman–Crippen MR) is 94.6 cm³/mol. The molecule has 0 N–H and O–H groups in total. The van der Waals surface area contributed by atoms with Crippen LogP contribution in [0.25, 0.3) is 10.9 Å². The molecule has 2 rings (SSSR count). The van der Waals surface area contributed by atoms with Crippen LogP contribution in [0.2, 0.25) is 0 Å². The van der Waals surface area contributed by atoms with Gasteiger partial charge in [-0.2, -0.15) is 5.26 Å². The molecule has 0 spiro atoms. The Morgan fingerprint density at radius 2 is 1.96 bits per heavy atom. The molecule has 0 aliphatic rings. The number of nitriles is 1. The van der Waals surface area contributed by atoms with Crippen LogP contribution in [0, 0.1) is 25.2 Å². The molecule has 1 aromatic heterocycles. The number of hydrogen-bond donors (Lipinski definition) is 0. The Balaban J connectivity index is 2.33.